The van der Waals surface area contributed by atoms with Crippen molar-refractivity contribution in [2.75, 3.05) is 25.0 Å². The van der Waals surface area contributed by atoms with Crippen LogP contribution in [0.1, 0.15) is 27.2 Å². The summed E-state index contributed by atoms with van der Waals surface area (Å²) in [5.41, 5.74) is 0.387. The first kappa shape index (κ1) is 18.0. The van der Waals surface area contributed by atoms with Gasteiger partial charge in [0.2, 0.25) is 0 Å². The molecule has 1 atom stereocenters. The molecule has 0 spiro atoms. The Bertz CT molecular complexity index is 826. The number of amides is 1. The van der Waals surface area contributed by atoms with E-state index in [0.717, 1.165) is 6.42 Å². The third-order valence-corrected chi connectivity index (χ3v) is 4.06. The van der Waals surface area contributed by atoms with Crippen molar-refractivity contribution >= 4 is 28.9 Å². The summed E-state index contributed by atoms with van der Waals surface area (Å²) in [6.07, 6.45) is 0.562. The van der Waals surface area contributed by atoms with E-state index in [2.05, 4.69) is 10.3 Å². The first-order valence-corrected chi connectivity index (χ1v) is 8.48. The fourth-order valence-electron chi connectivity index (χ4n) is 2.83. The molecule has 2 aromatic rings. The number of aromatic nitrogens is 1. The molecule has 0 saturated carbocycles. The standard InChI is InChI=1S/C17H22N4O5/c1-17(2,3)26-16(22)20-7-6-11(10-20)9-18-15-19-13-8-12(21(23)24)4-5-14(13)25-15/h4-5,8,11H,6-7,9-10H2,1-3H3,(H,18,19)/t11-/m1/s1. The summed E-state index contributed by atoms with van der Waals surface area (Å²) in [4.78, 5) is 28.4. The van der Waals surface area contributed by atoms with Crippen LogP contribution in [-0.2, 0) is 4.74 Å². The first-order valence-electron chi connectivity index (χ1n) is 8.48. The number of ether oxygens (including phenoxy) is 1. The highest BCUT2D eigenvalue weighted by Gasteiger charge is 2.29. The molecule has 0 unspecified atom stereocenters. The van der Waals surface area contributed by atoms with Crippen molar-refractivity contribution in [3.8, 4) is 0 Å². The molecule has 9 nitrogen and oxygen atoms in total. The second-order valence-electron chi connectivity index (χ2n) is 7.39. The SMILES string of the molecule is CC(C)(C)OC(=O)N1CC[C@H](CNc2nc3cc([N+](=O)[O-])ccc3o2)C1. The molecule has 26 heavy (non-hydrogen) atoms. The summed E-state index contributed by atoms with van der Waals surface area (Å²) < 4.78 is 10.9. The fraction of sp³-hybridized carbons (Fsp3) is 0.529. The minimum atomic E-state index is -0.506. The van der Waals surface area contributed by atoms with Crippen molar-refractivity contribution in [3.05, 3.63) is 28.3 Å². The highest BCUT2D eigenvalue weighted by atomic mass is 16.6. The molecule has 1 aromatic carbocycles. The molecule has 1 aliphatic rings. The van der Waals surface area contributed by atoms with Gasteiger partial charge in [-0.05, 0) is 39.2 Å². The second kappa shape index (κ2) is 6.81. The lowest BCUT2D eigenvalue weighted by Gasteiger charge is -2.24. The van der Waals surface area contributed by atoms with E-state index in [1.54, 1.807) is 4.90 Å². The van der Waals surface area contributed by atoms with Crippen LogP contribution in [0, 0.1) is 16.0 Å². The number of likely N-dealkylation sites (tertiary alicyclic amines) is 1. The highest BCUT2D eigenvalue weighted by molar-refractivity contribution is 5.77. The minimum Gasteiger partial charge on any atom is -0.444 e. The second-order valence-corrected chi connectivity index (χ2v) is 7.39. The monoisotopic (exact) mass is 362 g/mol. The third kappa shape index (κ3) is 4.22. The zero-order valence-corrected chi connectivity index (χ0v) is 15.0. The Hall–Kier alpha value is -2.84. The molecule has 0 bridgehead atoms. The number of hydrogen-bond acceptors (Lipinski definition) is 7. The molecule has 1 fully saturated rings. The fourth-order valence-corrected chi connectivity index (χ4v) is 2.83. The van der Waals surface area contributed by atoms with Crippen molar-refractivity contribution in [2.45, 2.75) is 32.8 Å². The number of nitro benzene ring substituents is 1. The van der Waals surface area contributed by atoms with Crippen LogP contribution in [0.15, 0.2) is 22.6 Å². The maximum Gasteiger partial charge on any atom is 0.410 e. The molecule has 1 amide bonds. The summed E-state index contributed by atoms with van der Waals surface area (Å²) >= 11 is 0. The van der Waals surface area contributed by atoms with E-state index in [0.29, 0.717) is 36.7 Å². The maximum absolute atomic E-state index is 12.1. The van der Waals surface area contributed by atoms with Crippen LogP contribution in [0.25, 0.3) is 11.1 Å². The Kier molecular flexibility index (Phi) is 4.71. The van der Waals surface area contributed by atoms with Crippen molar-refractivity contribution in [2.24, 2.45) is 5.92 Å². The van der Waals surface area contributed by atoms with Gasteiger partial charge in [-0.2, -0.15) is 4.98 Å². The van der Waals surface area contributed by atoms with E-state index < -0.39 is 10.5 Å². The average Bonchev–Trinajstić information content (AvgIpc) is 3.17. The first-order chi connectivity index (χ1) is 12.2. The average molecular weight is 362 g/mol. The van der Waals surface area contributed by atoms with Gasteiger partial charge in [-0.3, -0.25) is 10.1 Å². The zero-order valence-electron chi connectivity index (χ0n) is 15.0. The number of nitro groups is 1. The van der Waals surface area contributed by atoms with Gasteiger partial charge in [-0.25, -0.2) is 4.79 Å². The predicted octanol–water partition coefficient (Wildman–Crippen LogP) is 3.40. The normalized spacial score (nSPS) is 17.5. The van der Waals surface area contributed by atoms with E-state index in [9.17, 15) is 14.9 Å². The smallest absolute Gasteiger partial charge is 0.410 e. The van der Waals surface area contributed by atoms with Crippen molar-refractivity contribution < 1.29 is 18.9 Å². The van der Waals surface area contributed by atoms with Gasteiger partial charge in [-0.15, -0.1) is 0 Å². The summed E-state index contributed by atoms with van der Waals surface area (Å²) in [6, 6.07) is 4.61. The summed E-state index contributed by atoms with van der Waals surface area (Å²) in [7, 11) is 0. The summed E-state index contributed by atoms with van der Waals surface area (Å²) in [6.45, 7) is 7.38. The zero-order chi connectivity index (χ0) is 18.9. The Balaban J connectivity index is 1.56. The largest absolute Gasteiger partial charge is 0.444 e. The Labute approximate surface area is 150 Å². The lowest BCUT2D eigenvalue weighted by Crippen LogP contribution is -2.35. The van der Waals surface area contributed by atoms with E-state index in [4.69, 9.17) is 9.15 Å². The van der Waals surface area contributed by atoms with Gasteiger partial charge in [0, 0.05) is 31.8 Å². The number of benzene rings is 1. The lowest BCUT2D eigenvalue weighted by atomic mass is 10.1. The van der Waals surface area contributed by atoms with Crippen LogP contribution < -0.4 is 5.32 Å². The molecule has 1 aromatic heterocycles. The molecule has 9 heteroatoms. The number of non-ortho nitro benzene ring substituents is 1. The predicted molar refractivity (Wildman–Crippen MR) is 95.1 cm³/mol. The minimum absolute atomic E-state index is 0.0267. The van der Waals surface area contributed by atoms with Gasteiger partial charge in [0.25, 0.3) is 11.7 Å². The van der Waals surface area contributed by atoms with Crippen LogP contribution in [0.2, 0.25) is 0 Å². The highest BCUT2D eigenvalue weighted by Crippen LogP contribution is 2.25. The van der Waals surface area contributed by atoms with Crippen LogP contribution in [0.5, 0.6) is 0 Å². The molecule has 1 aliphatic heterocycles. The lowest BCUT2D eigenvalue weighted by molar-refractivity contribution is -0.384. The third-order valence-electron chi connectivity index (χ3n) is 4.06. The van der Waals surface area contributed by atoms with E-state index >= 15 is 0 Å². The molecule has 2 heterocycles. The van der Waals surface area contributed by atoms with Crippen LogP contribution in [0.4, 0.5) is 16.5 Å². The Morgan fingerprint density at radius 3 is 2.96 bits per heavy atom. The van der Waals surface area contributed by atoms with Crippen LogP contribution in [0.3, 0.4) is 0 Å². The molecular weight excluding hydrogens is 340 g/mol. The molecule has 0 radical (unpaired) electrons. The van der Waals surface area contributed by atoms with E-state index in [-0.39, 0.29) is 17.7 Å². The topological polar surface area (TPSA) is 111 Å². The number of carbonyl (C=O) groups is 1. The molecule has 0 aliphatic carbocycles. The van der Waals surface area contributed by atoms with E-state index in [1.807, 2.05) is 20.8 Å². The Morgan fingerprint density at radius 2 is 2.27 bits per heavy atom. The number of anilines is 1. The molecule has 140 valence electrons. The number of carbonyl (C=O) groups excluding carboxylic acids is 1. The summed E-state index contributed by atoms with van der Waals surface area (Å²) in [5.74, 6) is 0.256. The number of oxazole rings is 1. The van der Waals surface area contributed by atoms with Gasteiger partial charge in [-0.1, -0.05) is 0 Å². The number of hydrogen-bond donors (Lipinski definition) is 1. The molecular formula is C17H22N4O5. The quantitative estimate of drug-likeness (QED) is 0.655. The van der Waals surface area contributed by atoms with Gasteiger partial charge in [0.1, 0.15) is 11.1 Å². The van der Waals surface area contributed by atoms with Gasteiger partial charge in [0.05, 0.1) is 4.92 Å². The van der Waals surface area contributed by atoms with Crippen molar-refractivity contribution in [1.82, 2.24) is 9.88 Å². The summed E-state index contributed by atoms with van der Waals surface area (Å²) in [5, 5.41) is 13.9. The number of nitrogens with zero attached hydrogens (tertiary/aromatic N) is 3. The Morgan fingerprint density at radius 1 is 1.50 bits per heavy atom. The molecule has 1 saturated heterocycles. The number of fused-ring (bicyclic) bond motifs is 1. The van der Waals surface area contributed by atoms with Crippen molar-refractivity contribution in [3.63, 3.8) is 0 Å². The number of rotatable bonds is 4. The van der Waals surface area contributed by atoms with Crippen LogP contribution in [-0.4, -0.2) is 46.1 Å². The maximum atomic E-state index is 12.1. The van der Waals surface area contributed by atoms with Gasteiger partial charge in [0.15, 0.2) is 5.58 Å². The van der Waals surface area contributed by atoms with E-state index in [1.165, 1.54) is 18.2 Å². The van der Waals surface area contributed by atoms with Crippen LogP contribution >= 0.6 is 0 Å². The van der Waals surface area contributed by atoms with Gasteiger partial charge < -0.3 is 19.4 Å². The van der Waals surface area contributed by atoms with Gasteiger partial charge >= 0.3 is 6.09 Å². The number of nitrogens with one attached hydrogen (secondary N) is 1. The molecule has 1 N–H and O–H groups in total. The van der Waals surface area contributed by atoms with Crippen molar-refractivity contribution in [1.29, 1.82) is 0 Å². The molecule has 3 rings (SSSR count).